The van der Waals surface area contributed by atoms with Crippen LogP contribution >= 0.6 is 24.8 Å². The fourth-order valence-corrected chi connectivity index (χ4v) is 4.70. The first kappa shape index (κ1) is 25.2. The second-order valence-corrected chi connectivity index (χ2v) is 8.20. The number of ether oxygens (including phenoxy) is 2. The van der Waals surface area contributed by atoms with Gasteiger partial charge in [0.1, 0.15) is 11.5 Å². The molecule has 2 bridgehead atoms. The van der Waals surface area contributed by atoms with E-state index in [1.54, 1.807) is 19.4 Å². The molecule has 2 unspecified atom stereocenters. The number of hydrogen-bond donors (Lipinski definition) is 2. The quantitative estimate of drug-likeness (QED) is 0.652. The standard InChI is InChI=1S/C23H29N3O3.2ClH/c1-28-19-6-3-7-20(12-19)29-21-9-8-15(13-25-21)14-26-23(27)18-10-16-4-2-5-17(11-18)22(16)24;;/h3,6-9,12-13,16-18,22H,2,4-5,10-11,14,24H2,1H3,(H,26,27);2*1H. The summed E-state index contributed by atoms with van der Waals surface area (Å²) in [6.07, 6.45) is 7.18. The number of fused-ring (bicyclic) bond motifs is 2. The van der Waals surface area contributed by atoms with Gasteiger partial charge in [-0.1, -0.05) is 18.6 Å². The lowest BCUT2D eigenvalue weighted by Gasteiger charge is -2.43. The molecule has 2 atom stereocenters. The number of carbonyl (C=O) groups excluding carboxylic acids is 1. The SMILES string of the molecule is COc1cccc(Oc2ccc(CNC(=O)C3CC4CCCC(C3)C4N)cn2)c1.Cl.Cl. The number of aromatic nitrogens is 1. The van der Waals surface area contributed by atoms with E-state index in [1.165, 1.54) is 19.3 Å². The minimum atomic E-state index is 0. The highest BCUT2D eigenvalue weighted by Gasteiger charge is 2.40. The lowest BCUT2D eigenvalue weighted by molar-refractivity contribution is -0.128. The van der Waals surface area contributed by atoms with Gasteiger partial charge in [-0.2, -0.15) is 0 Å². The summed E-state index contributed by atoms with van der Waals surface area (Å²) in [5, 5.41) is 3.08. The van der Waals surface area contributed by atoms with Gasteiger partial charge in [-0.15, -0.1) is 24.8 Å². The van der Waals surface area contributed by atoms with Gasteiger partial charge < -0.3 is 20.5 Å². The molecule has 1 heterocycles. The summed E-state index contributed by atoms with van der Waals surface area (Å²) in [4.78, 5) is 17.0. The van der Waals surface area contributed by atoms with E-state index < -0.39 is 0 Å². The lowest BCUT2D eigenvalue weighted by Crippen LogP contribution is -2.49. The third kappa shape index (κ3) is 6.25. The molecular formula is C23H31Cl2N3O3. The number of nitrogens with two attached hydrogens (primary N) is 1. The molecule has 3 N–H and O–H groups in total. The van der Waals surface area contributed by atoms with Gasteiger partial charge in [-0.3, -0.25) is 4.79 Å². The molecule has 6 nitrogen and oxygen atoms in total. The number of nitrogens with zero attached hydrogens (tertiary/aromatic N) is 1. The summed E-state index contributed by atoms with van der Waals surface area (Å²) in [6, 6.07) is 11.4. The molecule has 0 spiro atoms. The van der Waals surface area contributed by atoms with E-state index in [0.29, 0.717) is 30.0 Å². The van der Waals surface area contributed by atoms with Gasteiger partial charge in [0.25, 0.3) is 0 Å². The zero-order valence-corrected chi connectivity index (χ0v) is 19.3. The van der Waals surface area contributed by atoms with Crippen LogP contribution in [0.25, 0.3) is 0 Å². The molecule has 8 heteroatoms. The molecule has 2 aromatic rings. The highest BCUT2D eigenvalue weighted by atomic mass is 35.5. The number of methoxy groups -OCH3 is 1. The smallest absolute Gasteiger partial charge is 0.223 e. The van der Waals surface area contributed by atoms with Gasteiger partial charge >= 0.3 is 0 Å². The highest BCUT2D eigenvalue weighted by Crippen LogP contribution is 2.41. The first-order valence-electron chi connectivity index (χ1n) is 10.4. The molecule has 2 aliphatic rings. The maximum atomic E-state index is 12.7. The molecule has 31 heavy (non-hydrogen) atoms. The van der Waals surface area contributed by atoms with E-state index >= 15 is 0 Å². The Kier molecular flexibility index (Phi) is 9.41. The summed E-state index contributed by atoms with van der Waals surface area (Å²) >= 11 is 0. The Morgan fingerprint density at radius 1 is 1.13 bits per heavy atom. The van der Waals surface area contributed by atoms with Crippen molar-refractivity contribution in [3.05, 3.63) is 48.2 Å². The first-order valence-corrected chi connectivity index (χ1v) is 10.4. The fourth-order valence-electron chi connectivity index (χ4n) is 4.70. The molecule has 1 amide bonds. The van der Waals surface area contributed by atoms with Crippen LogP contribution in [0.5, 0.6) is 17.4 Å². The van der Waals surface area contributed by atoms with E-state index in [2.05, 4.69) is 10.3 Å². The van der Waals surface area contributed by atoms with Crippen molar-refractivity contribution in [3.8, 4) is 17.4 Å². The average Bonchev–Trinajstić information content (AvgIpc) is 2.73. The Bertz CT molecular complexity index is 836. The van der Waals surface area contributed by atoms with Crippen LogP contribution in [-0.4, -0.2) is 24.0 Å². The maximum Gasteiger partial charge on any atom is 0.223 e. The van der Waals surface area contributed by atoms with E-state index in [4.69, 9.17) is 15.2 Å². The number of hydrogen-bond acceptors (Lipinski definition) is 5. The van der Waals surface area contributed by atoms with Crippen LogP contribution in [0.3, 0.4) is 0 Å². The van der Waals surface area contributed by atoms with Crippen molar-refractivity contribution >= 4 is 30.7 Å². The summed E-state index contributed by atoms with van der Waals surface area (Å²) in [6.45, 7) is 0.475. The molecule has 170 valence electrons. The van der Waals surface area contributed by atoms with Crippen LogP contribution < -0.4 is 20.5 Å². The van der Waals surface area contributed by atoms with Gasteiger partial charge in [0, 0.05) is 36.8 Å². The third-order valence-corrected chi connectivity index (χ3v) is 6.31. The highest BCUT2D eigenvalue weighted by molar-refractivity contribution is 5.85. The van der Waals surface area contributed by atoms with Crippen LogP contribution in [0.1, 0.15) is 37.7 Å². The largest absolute Gasteiger partial charge is 0.497 e. The second kappa shape index (κ2) is 11.6. The van der Waals surface area contributed by atoms with Gasteiger partial charge in [0.2, 0.25) is 11.8 Å². The Hall–Kier alpha value is -2.02. The zero-order chi connectivity index (χ0) is 20.2. The zero-order valence-electron chi connectivity index (χ0n) is 17.7. The van der Waals surface area contributed by atoms with E-state index in [0.717, 1.165) is 24.2 Å². The topological polar surface area (TPSA) is 86.5 Å². The van der Waals surface area contributed by atoms with Crippen molar-refractivity contribution in [3.63, 3.8) is 0 Å². The van der Waals surface area contributed by atoms with E-state index in [9.17, 15) is 4.79 Å². The van der Waals surface area contributed by atoms with Crippen molar-refractivity contribution < 1.29 is 14.3 Å². The summed E-state index contributed by atoms with van der Waals surface area (Å²) in [5.74, 6) is 3.15. The maximum absolute atomic E-state index is 12.7. The summed E-state index contributed by atoms with van der Waals surface area (Å²) in [7, 11) is 1.62. The van der Waals surface area contributed by atoms with Gasteiger partial charge in [-0.05, 0) is 55.2 Å². The number of halogens is 2. The molecule has 4 rings (SSSR count). The van der Waals surface area contributed by atoms with Crippen molar-refractivity contribution in [1.82, 2.24) is 10.3 Å². The van der Waals surface area contributed by atoms with E-state index in [-0.39, 0.29) is 42.7 Å². The molecule has 0 aliphatic heterocycles. The van der Waals surface area contributed by atoms with Crippen molar-refractivity contribution in [1.29, 1.82) is 0 Å². The molecule has 1 aromatic heterocycles. The molecule has 1 aromatic carbocycles. The predicted molar refractivity (Wildman–Crippen MR) is 125 cm³/mol. The minimum absolute atomic E-state index is 0. The minimum Gasteiger partial charge on any atom is -0.497 e. The normalized spacial score (nSPS) is 24.2. The Labute approximate surface area is 196 Å². The number of amides is 1. The van der Waals surface area contributed by atoms with Gasteiger partial charge in [0.15, 0.2) is 0 Å². The molecule has 0 saturated heterocycles. The Morgan fingerprint density at radius 3 is 2.48 bits per heavy atom. The predicted octanol–water partition coefficient (Wildman–Crippen LogP) is 4.50. The molecular weight excluding hydrogens is 437 g/mol. The second-order valence-electron chi connectivity index (χ2n) is 8.20. The number of rotatable bonds is 6. The molecule has 2 fully saturated rings. The van der Waals surface area contributed by atoms with Crippen LogP contribution in [0.4, 0.5) is 0 Å². The van der Waals surface area contributed by atoms with Crippen LogP contribution in [0, 0.1) is 17.8 Å². The number of pyridine rings is 1. The van der Waals surface area contributed by atoms with Crippen LogP contribution in [0.15, 0.2) is 42.6 Å². The molecule has 2 aliphatic carbocycles. The van der Waals surface area contributed by atoms with Crippen molar-refractivity contribution in [2.45, 2.75) is 44.7 Å². The van der Waals surface area contributed by atoms with E-state index in [1.807, 2.05) is 30.3 Å². The average molecular weight is 468 g/mol. The number of carbonyl (C=O) groups is 1. The number of nitrogens with one attached hydrogen (secondary N) is 1. The number of benzene rings is 1. The van der Waals surface area contributed by atoms with Gasteiger partial charge in [0.05, 0.1) is 7.11 Å². The van der Waals surface area contributed by atoms with Crippen molar-refractivity contribution in [2.24, 2.45) is 23.5 Å². The Morgan fingerprint density at radius 2 is 1.84 bits per heavy atom. The van der Waals surface area contributed by atoms with Crippen LogP contribution in [0.2, 0.25) is 0 Å². The monoisotopic (exact) mass is 467 g/mol. The summed E-state index contributed by atoms with van der Waals surface area (Å²) in [5.41, 5.74) is 7.29. The molecule has 0 radical (unpaired) electrons. The van der Waals surface area contributed by atoms with Gasteiger partial charge in [-0.25, -0.2) is 4.98 Å². The molecule has 2 saturated carbocycles. The van der Waals surface area contributed by atoms with Crippen molar-refractivity contribution in [2.75, 3.05) is 7.11 Å². The fraction of sp³-hybridized carbons (Fsp3) is 0.478. The first-order chi connectivity index (χ1) is 14.1. The summed E-state index contributed by atoms with van der Waals surface area (Å²) < 4.78 is 11.0. The Balaban J connectivity index is 0.00000171. The third-order valence-electron chi connectivity index (χ3n) is 6.31. The lowest BCUT2D eigenvalue weighted by atomic mass is 9.65. The van der Waals surface area contributed by atoms with Crippen LogP contribution in [-0.2, 0) is 11.3 Å².